The van der Waals surface area contributed by atoms with Crippen molar-refractivity contribution < 1.29 is 14.6 Å². The lowest BCUT2D eigenvalue weighted by Gasteiger charge is -2.47. The molecule has 1 saturated heterocycles. The normalized spacial score (nSPS) is 21.6. The average molecular weight is 273 g/mol. The van der Waals surface area contributed by atoms with Crippen molar-refractivity contribution in [2.45, 2.75) is 25.1 Å². The average Bonchev–Trinajstić information content (AvgIpc) is 2.43. The fraction of sp³-hybridized carbons (Fsp3) is 0.250. The molecule has 1 heterocycles. The van der Waals surface area contributed by atoms with E-state index in [4.69, 9.17) is 0 Å². The van der Waals surface area contributed by atoms with E-state index in [0.29, 0.717) is 6.42 Å². The Labute approximate surface area is 116 Å². The number of phenolic OH excluding ortho intramolecular Hbond substituents is 1. The summed E-state index contributed by atoms with van der Waals surface area (Å²) in [5, 5.41) is 19.2. The van der Waals surface area contributed by atoms with Gasteiger partial charge in [-0.05, 0) is 48.4 Å². The van der Waals surface area contributed by atoms with Gasteiger partial charge in [-0.25, -0.2) is 4.39 Å². The first-order valence-electron chi connectivity index (χ1n) is 6.63. The first-order valence-corrected chi connectivity index (χ1v) is 6.63. The van der Waals surface area contributed by atoms with E-state index in [1.165, 1.54) is 12.1 Å². The summed E-state index contributed by atoms with van der Waals surface area (Å²) >= 11 is 0. The third-order valence-corrected chi connectivity index (χ3v) is 3.73. The Balaban J connectivity index is 1.74. The van der Waals surface area contributed by atoms with Crippen LogP contribution in [0.15, 0.2) is 48.5 Å². The highest BCUT2D eigenvalue weighted by molar-refractivity contribution is 5.51. The van der Waals surface area contributed by atoms with Gasteiger partial charge in [0.15, 0.2) is 0 Å². The number of benzene rings is 2. The number of halogens is 1. The van der Waals surface area contributed by atoms with Gasteiger partial charge in [0.05, 0.1) is 0 Å². The molecule has 2 aromatic carbocycles. The molecule has 0 amide bonds. The summed E-state index contributed by atoms with van der Waals surface area (Å²) in [6.45, 7) is 0. The Morgan fingerprint density at radius 3 is 2.30 bits per heavy atom. The van der Waals surface area contributed by atoms with Crippen molar-refractivity contribution in [3.05, 3.63) is 59.9 Å². The van der Waals surface area contributed by atoms with Crippen LogP contribution in [0.5, 0.6) is 5.75 Å². The summed E-state index contributed by atoms with van der Waals surface area (Å²) in [4.78, 5) is 1.90. The molecule has 20 heavy (non-hydrogen) atoms. The van der Waals surface area contributed by atoms with Gasteiger partial charge in [0, 0.05) is 18.2 Å². The number of aliphatic hydroxyl groups excluding tert-OH is 1. The van der Waals surface area contributed by atoms with E-state index in [1.807, 2.05) is 17.0 Å². The van der Waals surface area contributed by atoms with Crippen LogP contribution in [0.3, 0.4) is 0 Å². The Bertz CT molecular complexity index is 582. The smallest absolute Gasteiger partial charge is 0.129 e. The molecule has 1 aliphatic rings. The summed E-state index contributed by atoms with van der Waals surface area (Å²) in [6, 6.07) is 13.4. The topological polar surface area (TPSA) is 43.7 Å². The maximum Gasteiger partial charge on any atom is 0.129 e. The zero-order chi connectivity index (χ0) is 14.1. The molecule has 104 valence electrons. The number of aromatic hydroxyl groups is 1. The molecule has 0 spiro atoms. The number of rotatable bonds is 3. The number of hydrogen-bond donors (Lipinski definition) is 2. The second-order valence-corrected chi connectivity index (χ2v) is 5.12. The fourth-order valence-corrected chi connectivity index (χ4v) is 2.66. The number of aliphatic hydroxyl groups is 1. The molecule has 2 aromatic rings. The number of hydrogen-bond acceptors (Lipinski definition) is 3. The molecule has 4 heteroatoms. The summed E-state index contributed by atoms with van der Waals surface area (Å²) in [7, 11) is 0. The van der Waals surface area contributed by atoms with E-state index in [-0.39, 0.29) is 17.6 Å². The van der Waals surface area contributed by atoms with Crippen molar-refractivity contribution in [1.82, 2.24) is 0 Å². The van der Waals surface area contributed by atoms with Crippen molar-refractivity contribution in [2.75, 3.05) is 4.90 Å². The molecule has 0 aliphatic carbocycles. The van der Waals surface area contributed by atoms with Gasteiger partial charge >= 0.3 is 0 Å². The Morgan fingerprint density at radius 1 is 1.05 bits per heavy atom. The van der Waals surface area contributed by atoms with Crippen molar-refractivity contribution in [3.63, 3.8) is 0 Å². The highest BCUT2D eigenvalue weighted by atomic mass is 19.1. The van der Waals surface area contributed by atoms with Gasteiger partial charge in [-0.15, -0.1) is 0 Å². The summed E-state index contributed by atoms with van der Waals surface area (Å²) < 4.78 is 12.9. The minimum atomic E-state index is -0.512. The maximum atomic E-state index is 12.9. The zero-order valence-corrected chi connectivity index (χ0v) is 10.9. The summed E-state index contributed by atoms with van der Waals surface area (Å²) in [6.07, 6.45) is 0.968. The summed E-state index contributed by atoms with van der Waals surface area (Å²) in [5.41, 5.74) is 1.93. The fourth-order valence-electron chi connectivity index (χ4n) is 2.66. The van der Waals surface area contributed by atoms with Crippen molar-refractivity contribution in [3.8, 4) is 5.75 Å². The monoisotopic (exact) mass is 273 g/mol. The number of phenols is 1. The van der Waals surface area contributed by atoms with Crippen molar-refractivity contribution >= 4 is 5.69 Å². The van der Waals surface area contributed by atoms with Crippen LogP contribution in [0.25, 0.3) is 0 Å². The first kappa shape index (κ1) is 12.9. The molecule has 0 radical (unpaired) electrons. The molecule has 0 bridgehead atoms. The Morgan fingerprint density at radius 2 is 1.70 bits per heavy atom. The van der Waals surface area contributed by atoms with E-state index in [0.717, 1.165) is 17.7 Å². The molecule has 1 aliphatic heterocycles. The SMILES string of the molecule is Oc1ccc(CC2CC(O)N2c2ccc(F)cc2)cc1. The van der Waals surface area contributed by atoms with Gasteiger partial charge in [-0.1, -0.05) is 12.1 Å². The predicted octanol–water partition coefficient (Wildman–Crippen LogP) is 2.67. The van der Waals surface area contributed by atoms with Crippen LogP contribution in [0.1, 0.15) is 12.0 Å². The minimum absolute atomic E-state index is 0.194. The predicted molar refractivity (Wildman–Crippen MR) is 75.1 cm³/mol. The van der Waals surface area contributed by atoms with Crippen LogP contribution < -0.4 is 4.90 Å². The van der Waals surface area contributed by atoms with Crippen molar-refractivity contribution in [1.29, 1.82) is 0 Å². The van der Waals surface area contributed by atoms with Gasteiger partial charge in [-0.3, -0.25) is 0 Å². The third-order valence-electron chi connectivity index (χ3n) is 3.73. The zero-order valence-electron chi connectivity index (χ0n) is 10.9. The second-order valence-electron chi connectivity index (χ2n) is 5.12. The number of nitrogens with zero attached hydrogens (tertiary/aromatic N) is 1. The van der Waals surface area contributed by atoms with E-state index in [2.05, 4.69) is 0 Å². The van der Waals surface area contributed by atoms with Crippen LogP contribution in [0, 0.1) is 5.82 Å². The van der Waals surface area contributed by atoms with Gasteiger partial charge in [-0.2, -0.15) is 0 Å². The largest absolute Gasteiger partial charge is 0.508 e. The molecule has 3 rings (SSSR count). The molecule has 0 saturated carbocycles. The van der Waals surface area contributed by atoms with Crippen LogP contribution in [0.4, 0.5) is 10.1 Å². The molecular formula is C16H16FNO2. The van der Waals surface area contributed by atoms with E-state index < -0.39 is 6.23 Å². The molecule has 0 aromatic heterocycles. The van der Waals surface area contributed by atoms with Gasteiger partial charge < -0.3 is 15.1 Å². The van der Waals surface area contributed by atoms with Gasteiger partial charge in [0.1, 0.15) is 17.8 Å². The maximum absolute atomic E-state index is 12.9. The van der Waals surface area contributed by atoms with E-state index >= 15 is 0 Å². The Hall–Kier alpha value is -2.07. The minimum Gasteiger partial charge on any atom is -0.508 e. The lowest BCUT2D eigenvalue weighted by atomic mass is 9.92. The molecular weight excluding hydrogens is 257 g/mol. The van der Waals surface area contributed by atoms with Crippen LogP contribution in [-0.2, 0) is 6.42 Å². The molecule has 2 atom stereocenters. The quantitative estimate of drug-likeness (QED) is 0.903. The highest BCUT2D eigenvalue weighted by Gasteiger charge is 2.36. The standard InChI is InChI=1S/C16H16FNO2/c17-12-3-5-13(6-4-12)18-14(10-16(18)20)9-11-1-7-15(19)8-2-11/h1-8,14,16,19-20H,9-10H2. The van der Waals surface area contributed by atoms with Crippen LogP contribution in [0.2, 0.25) is 0 Å². The first-order chi connectivity index (χ1) is 9.63. The van der Waals surface area contributed by atoms with Gasteiger partial charge in [0.2, 0.25) is 0 Å². The molecule has 2 N–H and O–H groups in total. The lowest BCUT2D eigenvalue weighted by molar-refractivity contribution is 0.0784. The van der Waals surface area contributed by atoms with Crippen LogP contribution in [-0.4, -0.2) is 22.5 Å². The van der Waals surface area contributed by atoms with Crippen LogP contribution >= 0.6 is 0 Å². The molecule has 3 nitrogen and oxygen atoms in total. The Kier molecular flexibility index (Phi) is 3.32. The molecule has 2 unspecified atom stereocenters. The van der Waals surface area contributed by atoms with Crippen molar-refractivity contribution in [2.24, 2.45) is 0 Å². The number of anilines is 1. The molecule has 1 fully saturated rings. The highest BCUT2D eigenvalue weighted by Crippen LogP contribution is 2.33. The third kappa shape index (κ3) is 2.47. The summed E-state index contributed by atoms with van der Waals surface area (Å²) in [5.74, 6) is -0.0309. The van der Waals surface area contributed by atoms with E-state index in [1.54, 1.807) is 24.3 Å². The van der Waals surface area contributed by atoms with E-state index in [9.17, 15) is 14.6 Å². The second kappa shape index (κ2) is 5.13. The van der Waals surface area contributed by atoms with Gasteiger partial charge in [0.25, 0.3) is 0 Å². The lowest BCUT2D eigenvalue weighted by Crippen LogP contribution is -2.57.